The molecule has 0 bridgehead atoms. The number of rotatable bonds is 3. The number of halogens is 1. The van der Waals surface area contributed by atoms with Crippen LogP contribution in [0.2, 0.25) is 0 Å². The van der Waals surface area contributed by atoms with Gasteiger partial charge in [0.2, 0.25) is 10.0 Å². The van der Waals surface area contributed by atoms with E-state index in [1.165, 1.54) is 24.8 Å². The number of nitrogens with two attached hydrogens (primary N) is 1. The maximum atomic E-state index is 12.1. The summed E-state index contributed by atoms with van der Waals surface area (Å²) in [4.78, 5) is 0.0709. The zero-order valence-electron chi connectivity index (χ0n) is 10.4. The Hall–Kier alpha value is -1.38. The van der Waals surface area contributed by atoms with Crippen LogP contribution in [-0.2, 0) is 10.0 Å². The van der Waals surface area contributed by atoms with Crippen LogP contribution < -0.4 is 5.73 Å². The zero-order chi connectivity index (χ0) is 14.2. The summed E-state index contributed by atoms with van der Waals surface area (Å²) in [6.45, 7) is 0. The summed E-state index contributed by atoms with van der Waals surface area (Å²) in [5, 5.41) is 4.10. The highest BCUT2D eigenvalue weighted by Gasteiger charge is 2.22. The molecule has 0 saturated carbocycles. The summed E-state index contributed by atoms with van der Waals surface area (Å²) < 4.78 is 27.7. The minimum atomic E-state index is -3.58. The fourth-order valence-corrected chi connectivity index (χ4v) is 2.90. The van der Waals surface area contributed by atoms with E-state index < -0.39 is 10.0 Å². The van der Waals surface area contributed by atoms with Gasteiger partial charge in [-0.1, -0.05) is 6.07 Å². The van der Waals surface area contributed by atoms with Crippen molar-refractivity contribution in [3.63, 3.8) is 0 Å². The van der Waals surface area contributed by atoms with Crippen LogP contribution in [0.3, 0.4) is 0 Å². The van der Waals surface area contributed by atoms with Crippen molar-refractivity contribution in [1.82, 2.24) is 14.1 Å². The molecule has 0 amide bonds. The molecule has 2 N–H and O–H groups in total. The van der Waals surface area contributed by atoms with Gasteiger partial charge in [-0.05, 0) is 28.1 Å². The van der Waals surface area contributed by atoms with E-state index in [1.807, 2.05) is 0 Å². The quantitative estimate of drug-likeness (QED) is 0.854. The first-order valence-electron chi connectivity index (χ1n) is 5.35. The first-order chi connectivity index (χ1) is 8.84. The van der Waals surface area contributed by atoms with Crippen molar-refractivity contribution >= 4 is 31.6 Å². The van der Waals surface area contributed by atoms with Crippen LogP contribution in [0.1, 0.15) is 0 Å². The molecule has 19 heavy (non-hydrogen) atoms. The number of hydrogen-bond acceptors (Lipinski definition) is 4. The van der Waals surface area contributed by atoms with Crippen LogP contribution in [-0.4, -0.2) is 36.6 Å². The lowest BCUT2D eigenvalue weighted by Gasteiger charge is -2.15. The molecule has 2 aromatic rings. The summed E-state index contributed by atoms with van der Waals surface area (Å²) in [5.74, 6) is 0. The van der Waals surface area contributed by atoms with Crippen LogP contribution in [0.15, 0.2) is 40.0 Å². The van der Waals surface area contributed by atoms with E-state index in [0.29, 0.717) is 5.69 Å². The summed E-state index contributed by atoms with van der Waals surface area (Å²) in [7, 11) is -0.647. The van der Waals surface area contributed by atoms with Crippen LogP contribution in [0, 0.1) is 0 Å². The third kappa shape index (κ3) is 2.51. The van der Waals surface area contributed by atoms with Gasteiger partial charge in [0.25, 0.3) is 0 Å². The van der Waals surface area contributed by atoms with Crippen molar-refractivity contribution < 1.29 is 8.42 Å². The summed E-state index contributed by atoms with van der Waals surface area (Å²) in [5.41, 5.74) is 6.66. The van der Waals surface area contributed by atoms with Gasteiger partial charge in [-0.25, -0.2) is 17.4 Å². The molecule has 0 saturated heterocycles. The van der Waals surface area contributed by atoms with Gasteiger partial charge < -0.3 is 5.73 Å². The molecular formula is C11H13BrN4O2S. The third-order valence-electron chi connectivity index (χ3n) is 2.60. The first kappa shape index (κ1) is 14.0. The van der Waals surface area contributed by atoms with Crippen molar-refractivity contribution in [2.24, 2.45) is 0 Å². The Kier molecular flexibility index (Phi) is 3.66. The predicted molar refractivity (Wildman–Crippen MR) is 76.5 cm³/mol. The van der Waals surface area contributed by atoms with Crippen molar-refractivity contribution in [1.29, 1.82) is 0 Å². The topological polar surface area (TPSA) is 81.2 Å². The number of para-hydroxylation sites is 1. The Balaban J connectivity index is 2.63. The van der Waals surface area contributed by atoms with E-state index in [0.717, 1.165) is 8.78 Å². The molecule has 0 aliphatic rings. The van der Waals surface area contributed by atoms with Crippen molar-refractivity contribution in [2.75, 3.05) is 19.8 Å². The van der Waals surface area contributed by atoms with Crippen molar-refractivity contribution in [3.05, 3.63) is 35.1 Å². The highest BCUT2D eigenvalue weighted by atomic mass is 79.9. The first-order valence-corrected chi connectivity index (χ1v) is 7.59. The van der Waals surface area contributed by atoms with E-state index in [1.54, 1.807) is 24.5 Å². The molecular weight excluding hydrogens is 332 g/mol. The van der Waals surface area contributed by atoms with Gasteiger partial charge in [0.15, 0.2) is 0 Å². The van der Waals surface area contributed by atoms with Crippen LogP contribution in [0.25, 0.3) is 5.69 Å². The van der Waals surface area contributed by atoms with Crippen LogP contribution >= 0.6 is 15.9 Å². The molecule has 6 nitrogen and oxygen atoms in total. The van der Waals surface area contributed by atoms with Gasteiger partial charge in [-0.15, -0.1) is 0 Å². The van der Waals surface area contributed by atoms with Crippen molar-refractivity contribution in [3.8, 4) is 5.69 Å². The number of anilines is 1. The zero-order valence-corrected chi connectivity index (χ0v) is 12.8. The Bertz CT molecular complexity index is 709. The normalized spacial score (nSPS) is 12.0. The molecule has 0 aliphatic heterocycles. The van der Waals surface area contributed by atoms with Crippen LogP contribution in [0.4, 0.5) is 5.69 Å². The van der Waals surface area contributed by atoms with Gasteiger partial charge in [-0.3, -0.25) is 0 Å². The standard InChI is InChI=1S/C11H13BrN4O2S/c1-15(2)19(17,18)10-5-3-4-9(11(10)13)16-7-8(12)6-14-16/h3-7H,13H2,1-2H3. The molecule has 1 heterocycles. The minimum absolute atomic E-state index is 0.0709. The van der Waals surface area contributed by atoms with Crippen molar-refractivity contribution in [2.45, 2.75) is 4.90 Å². The predicted octanol–water partition coefficient (Wildman–Crippen LogP) is 1.47. The molecule has 2 rings (SSSR count). The molecule has 0 atom stereocenters. The molecule has 0 radical (unpaired) electrons. The summed E-state index contributed by atoms with van der Waals surface area (Å²) in [6.07, 6.45) is 3.31. The van der Waals surface area contributed by atoms with E-state index in [9.17, 15) is 8.42 Å². The summed E-state index contributed by atoms with van der Waals surface area (Å²) in [6, 6.07) is 4.83. The molecule has 0 fully saturated rings. The lowest BCUT2D eigenvalue weighted by molar-refractivity contribution is 0.521. The number of benzene rings is 1. The maximum Gasteiger partial charge on any atom is 0.244 e. The number of hydrogen-bond donors (Lipinski definition) is 1. The van der Waals surface area contributed by atoms with Gasteiger partial charge in [0, 0.05) is 20.3 Å². The lowest BCUT2D eigenvalue weighted by Crippen LogP contribution is -2.23. The van der Waals surface area contributed by atoms with Gasteiger partial charge in [0.1, 0.15) is 4.90 Å². The second-order valence-electron chi connectivity index (χ2n) is 4.08. The average Bonchev–Trinajstić information content (AvgIpc) is 2.75. The molecule has 1 aromatic carbocycles. The molecule has 0 unspecified atom stereocenters. The number of nitrogens with zero attached hydrogens (tertiary/aromatic N) is 3. The second kappa shape index (κ2) is 4.95. The number of sulfonamides is 1. The average molecular weight is 345 g/mol. The largest absolute Gasteiger partial charge is 0.396 e. The number of aromatic nitrogens is 2. The fourth-order valence-electron chi connectivity index (χ4n) is 1.59. The molecule has 0 aliphatic carbocycles. The highest BCUT2D eigenvalue weighted by molar-refractivity contribution is 9.10. The minimum Gasteiger partial charge on any atom is -0.396 e. The third-order valence-corrected chi connectivity index (χ3v) is 4.88. The van der Waals surface area contributed by atoms with E-state index in [-0.39, 0.29) is 10.6 Å². The maximum absolute atomic E-state index is 12.1. The Labute approximate surface area is 120 Å². The van der Waals surface area contributed by atoms with Gasteiger partial charge >= 0.3 is 0 Å². The fraction of sp³-hybridized carbons (Fsp3) is 0.182. The molecule has 102 valence electrons. The van der Waals surface area contributed by atoms with Crippen LogP contribution in [0.5, 0.6) is 0 Å². The Morgan fingerprint density at radius 1 is 1.37 bits per heavy atom. The second-order valence-corrected chi connectivity index (χ2v) is 7.12. The summed E-state index contributed by atoms with van der Waals surface area (Å²) >= 11 is 3.28. The van der Waals surface area contributed by atoms with E-state index in [4.69, 9.17) is 5.73 Å². The number of nitrogen functional groups attached to an aromatic ring is 1. The lowest BCUT2D eigenvalue weighted by atomic mass is 10.3. The highest BCUT2D eigenvalue weighted by Crippen LogP contribution is 2.27. The molecule has 8 heteroatoms. The molecule has 0 spiro atoms. The Morgan fingerprint density at radius 3 is 2.58 bits per heavy atom. The van der Waals surface area contributed by atoms with Gasteiger partial charge in [0.05, 0.1) is 22.0 Å². The van der Waals surface area contributed by atoms with E-state index >= 15 is 0 Å². The smallest absolute Gasteiger partial charge is 0.244 e. The SMILES string of the molecule is CN(C)S(=O)(=O)c1cccc(-n2cc(Br)cn2)c1N. The monoisotopic (exact) mass is 344 g/mol. The van der Waals surface area contributed by atoms with E-state index in [2.05, 4.69) is 21.0 Å². The Morgan fingerprint density at radius 2 is 2.05 bits per heavy atom. The molecule has 1 aromatic heterocycles. The van der Waals surface area contributed by atoms with Gasteiger partial charge in [-0.2, -0.15) is 5.10 Å².